The third kappa shape index (κ3) is 6.70. The molecule has 1 N–H and O–H groups in total. The van der Waals surface area contributed by atoms with Gasteiger partial charge in [0.15, 0.2) is 0 Å². The van der Waals surface area contributed by atoms with Crippen LogP contribution in [0.3, 0.4) is 0 Å². The number of benzene rings is 3. The number of unbranched alkanes of at least 4 members (excludes halogenated alkanes) is 3. The van der Waals surface area contributed by atoms with Gasteiger partial charge in [-0.25, -0.2) is 4.79 Å². The third-order valence-electron chi connectivity index (χ3n) is 4.82. The number of nitriles is 1. The minimum absolute atomic E-state index is 0.236. The van der Waals surface area contributed by atoms with Crippen LogP contribution >= 0.6 is 0 Å². The minimum Gasteiger partial charge on any atom is -0.494 e. The fraction of sp³-hybridized carbons (Fsp3) is 0.231. The van der Waals surface area contributed by atoms with E-state index in [0.29, 0.717) is 29.2 Å². The van der Waals surface area contributed by atoms with Gasteiger partial charge in [-0.2, -0.15) is 5.26 Å². The Morgan fingerprint density at radius 1 is 0.774 bits per heavy atom. The summed E-state index contributed by atoms with van der Waals surface area (Å²) in [6.45, 7) is 0.848. The summed E-state index contributed by atoms with van der Waals surface area (Å²) in [5, 5.41) is 17.7. The van der Waals surface area contributed by atoms with E-state index in [1.165, 1.54) is 0 Å². The number of hydrogen-bond acceptors (Lipinski definition) is 5. The zero-order valence-electron chi connectivity index (χ0n) is 17.3. The van der Waals surface area contributed by atoms with E-state index in [-0.39, 0.29) is 6.61 Å². The molecule has 0 saturated carbocycles. The Kier molecular flexibility index (Phi) is 8.21. The Labute approximate surface area is 182 Å². The van der Waals surface area contributed by atoms with E-state index in [2.05, 4.69) is 6.07 Å². The molecule has 3 rings (SSSR count). The number of rotatable bonds is 10. The zero-order chi connectivity index (χ0) is 21.9. The Morgan fingerprint density at radius 3 is 1.97 bits per heavy atom. The predicted molar refractivity (Wildman–Crippen MR) is 119 cm³/mol. The second kappa shape index (κ2) is 11.5. The van der Waals surface area contributed by atoms with Crippen LogP contribution in [0.1, 0.15) is 41.6 Å². The summed E-state index contributed by atoms with van der Waals surface area (Å²) in [5.41, 5.74) is 3.03. The number of aliphatic hydroxyl groups excluding tert-OH is 1. The number of aliphatic hydroxyl groups is 1. The summed E-state index contributed by atoms with van der Waals surface area (Å²) in [6.07, 6.45) is 3.78. The molecule has 0 aromatic heterocycles. The number of carbonyl (C=O) groups is 1. The molecule has 3 aromatic rings. The van der Waals surface area contributed by atoms with E-state index in [9.17, 15) is 4.79 Å². The molecule has 0 aliphatic rings. The molecule has 0 fully saturated rings. The van der Waals surface area contributed by atoms with E-state index in [1.807, 2.05) is 24.3 Å². The lowest BCUT2D eigenvalue weighted by molar-refractivity contribution is 0.0734. The van der Waals surface area contributed by atoms with Gasteiger partial charge >= 0.3 is 5.97 Å². The summed E-state index contributed by atoms with van der Waals surface area (Å²) in [5.74, 6) is 0.748. The first-order chi connectivity index (χ1) is 15.2. The molecule has 0 unspecified atom stereocenters. The van der Waals surface area contributed by atoms with Gasteiger partial charge in [-0.05, 0) is 78.9 Å². The molecule has 3 aromatic carbocycles. The van der Waals surface area contributed by atoms with Gasteiger partial charge in [0.25, 0.3) is 0 Å². The SMILES string of the molecule is N#Cc1ccc(-c2ccc(OC(=O)c3ccc(OCCCCCCO)cc3)cc2)cc1. The highest BCUT2D eigenvalue weighted by Gasteiger charge is 2.09. The van der Waals surface area contributed by atoms with Gasteiger partial charge in [-0.1, -0.05) is 30.7 Å². The zero-order valence-corrected chi connectivity index (χ0v) is 17.3. The average molecular weight is 415 g/mol. The second-order valence-electron chi connectivity index (χ2n) is 7.11. The summed E-state index contributed by atoms with van der Waals surface area (Å²) >= 11 is 0. The minimum atomic E-state index is -0.429. The first-order valence-corrected chi connectivity index (χ1v) is 10.4. The van der Waals surface area contributed by atoms with Crippen molar-refractivity contribution >= 4 is 5.97 Å². The van der Waals surface area contributed by atoms with Crippen LogP contribution in [0.4, 0.5) is 0 Å². The number of ether oxygens (including phenoxy) is 2. The quantitative estimate of drug-likeness (QED) is 0.273. The topological polar surface area (TPSA) is 79.5 Å². The monoisotopic (exact) mass is 415 g/mol. The van der Waals surface area contributed by atoms with Crippen molar-refractivity contribution in [2.24, 2.45) is 0 Å². The maximum atomic E-state index is 12.4. The van der Waals surface area contributed by atoms with Crippen molar-refractivity contribution in [1.29, 1.82) is 5.26 Å². The highest BCUT2D eigenvalue weighted by Crippen LogP contribution is 2.23. The first-order valence-electron chi connectivity index (χ1n) is 10.4. The van der Waals surface area contributed by atoms with E-state index in [0.717, 1.165) is 36.8 Å². The molecular formula is C26H25NO4. The fourth-order valence-electron chi connectivity index (χ4n) is 3.06. The molecule has 0 amide bonds. The lowest BCUT2D eigenvalue weighted by atomic mass is 10.0. The summed E-state index contributed by atoms with van der Waals surface area (Å²) in [6, 6.07) is 23.6. The van der Waals surface area contributed by atoms with Crippen molar-refractivity contribution in [3.63, 3.8) is 0 Å². The van der Waals surface area contributed by atoms with Crippen LogP contribution in [0.2, 0.25) is 0 Å². The lowest BCUT2D eigenvalue weighted by Crippen LogP contribution is -2.08. The number of carbonyl (C=O) groups excluding carboxylic acids is 1. The van der Waals surface area contributed by atoms with Crippen LogP contribution in [0.15, 0.2) is 72.8 Å². The normalized spacial score (nSPS) is 10.3. The van der Waals surface area contributed by atoms with Gasteiger partial charge in [0.05, 0.1) is 23.8 Å². The van der Waals surface area contributed by atoms with Gasteiger partial charge in [-0.3, -0.25) is 0 Å². The van der Waals surface area contributed by atoms with Crippen molar-refractivity contribution < 1.29 is 19.4 Å². The van der Waals surface area contributed by atoms with Gasteiger partial charge in [0, 0.05) is 6.61 Å². The predicted octanol–water partition coefficient (Wildman–Crippen LogP) is 5.38. The summed E-state index contributed by atoms with van der Waals surface area (Å²) in [7, 11) is 0. The Morgan fingerprint density at radius 2 is 1.35 bits per heavy atom. The van der Waals surface area contributed by atoms with E-state index < -0.39 is 5.97 Å². The summed E-state index contributed by atoms with van der Waals surface area (Å²) < 4.78 is 11.1. The van der Waals surface area contributed by atoms with Crippen LogP contribution in [-0.2, 0) is 0 Å². The first kappa shape index (κ1) is 22.1. The lowest BCUT2D eigenvalue weighted by Gasteiger charge is -2.08. The van der Waals surface area contributed by atoms with Crippen molar-refractivity contribution in [3.05, 3.63) is 83.9 Å². The Bertz CT molecular complexity index is 1000. The van der Waals surface area contributed by atoms with Crippen LogP contribution in [0.25, 0.3) is 11.1 Å². The van der Waals surface area contributed by atoms with Crippen LogP contribution in [-0.4, -0.2) is 24.3 Å². The molecule has 5 nitrogen and oxygen atoms in total. The largest absolute Gasteiger partial charge is 0.494 e. The van der Waals surface area contributed by atoms with Crippen LogP contribution < -0.4 is 9.47 Å². The standard InChI is InChI=1S/C26H25NO4/c27-19-20-5-7-21(8-6-20)22-9-15-25(16-10-22)31-26(29)23-11-13-24(14-12-23)30-18-4-2-1-3-17-28/h5-16,28H,1-4,17-18H2. The average Bonchev–Trinajstić information content (AvgIpc) is 2.82. The summed E-state index contributed by atoms with van der Waals surface area (Å²) in [4.78, 5) is 12.4. The molecule has 0 saturated heterocycles. The van der Waals surface area contributed by atoms with Crippen molar-refractivity contribution in [2.75, 3.05) is 13.2 Å². The van der Waals surface area contributed by atoms with Crippen molar-refractivity contribution in [2.45, 2.75) is 25.7 Å². The number of hydrogen-bond donors (Lipinski definition) is 1. The van der Waals surface area contributed by atoms with E-state index in [1.54, 1.807) is 48.5 Å². The molecule has 0 spiro atoms. The van der Waals surface area contributed by atoms with Gasteiger partial charge in [0.2, 0.25) is 0 Å². The maximum absolute atomic E-state index is 12.4. The Balaban J connectivity index is 1.51. The molecule has 31 heavy (non-hydrogen) atoms. The number of esters is 1. The molecule has 0 aliphatic heterocycles. The third-order valence-corrected chi connectivity index (χ3v) is 4.82. The highest BCUT2D eigenvalue weighted by atomic mass is 16.5. The second-order valence-corrected chi connectivity index (χ2v) is 7.11. The van der Waals surface area contributed by atoms with Crippen molar-refractivity contribution in [1.82, 2.24) is 0 Å². The molecule has 0 radical (unpaired) electrons. The maximum Gasteiger partial charge on any atom is 0.343 e. The molecule has 158 valence electrons. The molecule has 0 aliphatic carbocycles. The molecular weight excluding hydrogens is 390 g/mol. The highest BCUT2D eigenvalue weighted by molar-refractivity contribution is 5.91. The van der Waals surface area contributed by atoms with Crippen molar-refractivity contribution in [3.8, 4) is 28.7 Å². The van der Waals surface area contributed by atoms with E-state index >= 15 is 0 Å². The smallest absolute Gasteiger partial charge is 0.343 e. The van der Waals surface area contributed by atoms with Gasteiger partial charge in [-0.15, -0.1) is 0 Å². The Hall–Kier alpha value is -3.62. The number of nitrogens with zero attached hydrogens (tertiary/aromatic N) is 1. The van der Waals surface area contributed by atoms with Gasteiger partial charge < -0.3 is 14.6 Å². The molecule has 0 bridgehead atoms. The van der Waals surface area contributed by atoms with E-state index in [4.69, 9.17) is 19.8 Å². The van der Waals surface area contributed by atoms with Gasteiger partial charge in [0.1, 0.15) is 11.5 Å². The van der Waals surface area contributed by atoms with Crippen LogP contribution in [0, 0.1) is 11.3 Å². The molecule has 5 heteroatoms. The molecule has 0 atom stereocenters. The van der Waals surface area contributed by atoms with Crippen LogP contribution in [0.5, 0.6) is 11.5 Å². The molecule has 0 heterocycles. The fourth-order valence-corrected chi connectivity index (χ4v) is 3.06.